The van der Waals surface area contributed by atoms with E-state index in [1.54, 1.807) is 24.3 Å². The van der Waals surface area contributed by atoms with Gasteiger partial charge in [0.15, 0.2) is 0 Å². The van der Waals surface area contributed by atoms with Gasteiger partial charge < -0.3 is 15.1 Å². The zero-order valence-electron chi connectivity index (χ0n) is 14.9. The Balaban J connectivity index is 1.44. The molecule has 6 nitrogen and oxygen atoms in total. The molecule has 0 radical (unpaired) electrons. The minimum absolute atomic E-state index is 0.0563. The molecule has 2 heterocycles. The van der Waals surface area contributed by atoms with E-state index in [4.69, 9.17) is 5.26 Å². The van der Waals surface area contributed by atoms with E-state index in [1.807, 2.05) is 4.90 Å². The number of urea groups is 1. The highest BCUT2D eigenvalue weighted by molar-refractivity contribution is 5.89. The zero-order valence-corrected chi connectivity index (χ0v) is 14.9. The summed E-state index contributed by atoms with van der Waals surface area (Å²) in [7, 11) is 2.23. The fourth-order valence-corrected chi connectivity index (χ4v) is 3.64. The molecule has 2 aliphatic rings. The van der Waals surface area contributed by atoms with Gasteiger partial charge >= 0.3 is 6.03 Å². The minimum atomic E-state index is -0.0563. The number of likely N-dealkylation sites (tertiary alicyclic amines) is 1. The lowest BCUT2D eigenvalue weighted by Gasteiger charge is -2.40. The Hall–Kier alpha value is -2.10. The van der Waals surface area contributed by atoms with E-state index in [-0.39, 0.29) is 6.03 Å². The largest absolute Gasteiger partial charge is 0.322 e. The predicted octanol–water partition coefficient (Wildman–Crippen LogP) is 2.19. The molecule has 0 spiro atoms. The number of likely N-dealkylation sites (N-methyl/N-ethyl adjacent to an activating group) is 1. The van der Waals surface area contributed by atoms with Gasteiger partial charge in [-0.25, -0.2) is 4.79 Å². The van der Waals surface area contributed by atoms with Crippen molar-refractivity contribution in [3.05, 3.63) is 29.8 Å². The molecule has 1 aromatic rings. The van der Waals surface area contributed by atoms with Gasteiger partial charge in [0.1, 0.15) is 0 Å². The van der Waals surface area contributed by atoms with Crippen molar-refractivity contribution in [3.63, 3.8) is 0 Å². The van der Waals surface area contributed by atoms with Crippen LogP contribution in [0.15, 0.2) is 24.3 Å². The topological polar surface area (TPSA) is 62.6 Å². The number of rotatable bonds is 3. The molecular formula is C19H27N5O. The lowest BCUT2D eigenvalue weighted by molar-refractivity contribution is 0.0956. The van der Waals surface area contributed by atoms with Crippen molar-refractivity contribution in [2.45, 2.75) is 25.3 Å². The molecule has 1 aromatic carbocycles. The van der Waals surface area contributed by atoms with Gasteiger partial charge in [0.05, 0.1) is 11.6 Å². The molecule has 1 atom stereocenters. The van der Waals surface area contributed by atoms with Gasteiger partial charge in [-0.15, -0.1) is 0 Å². The van der Waals surface area contributed by atoms with Crippen LogP contribution in [0.4, 0.5) is 10.5 Å². The maximum absolute atomic E-state index is 12.4. The summed E-state index contributed by atoms with van der Waals surface area (Å²) in [5.41, 5.74) is 1.33. The summed E-state index contributed by atoms with van der Waals surface area (Å²) in [5, 5.41) is 11.7. The number of nitrogens with zero attached hydrogens (tertiary/aromatic N) is 4. The first-order valence-electron chi connectivity index (χ1n) is 9.14. The molecule has 134 valence electrons. The molecule has 1 N–H and O–H groups in total. The van der Waals surface area contributed by atoms with Crippen molar-refractivity contribution in [1.82, 2.24) is 14.7 Å². The molecule has 2 saturated heterocycles. The standard InChI is InChI=1S/C19H27N5O/c1-22-9-3-2-4-18(22)15-23-10-12-24(13-11-23)19(25)21-17-7-5-16(14-20)6-8-17/h5-8,18H,2-4,9-13,15H2,1H3,(H,21,25)/t18-/m1/s1. The van der Waals surface area contributed by atoms with Crippen molar-refractivity contribution >= 4 is 11.7 Å². The normalized spacial score (nSPS) is 22.4. The predicted molar refractivity (Wildman–Crippen MR) is 98.5 cm³/mol. The Labute approximate surface area is 150 Å². The molecule has 0 aromatic heterocycles. The second kappa shape index (κ2) is 8.32. The summed E-state index contributed by atoms with van der Waals surface area (Å²) >= 11 is 0. The average Bonchev–Trinajstić information content (AvgIpc) is 2.65. The van der Waals surface area contributed by atoms with Crippen LogP contribution in [0.2, 0.25) is 0 Å². The van der Waals surface area contributed by atoms with E-state index in [9.17, 15) is 4.79 Å². The van der Waals surface area contributed by atoms with Gasteiger partial charge in [0, 0.05) is 44.5 Å². The number of amides is 2. The smallest absolute Gasteiger partial charge is 0.321 e. The molecule has 0 aliphatic carbocycles. The summed E-state index contributed by atoms with van der Waals surface area (Å²) in [4.78, 5) is 19.2. The Morgan fingerprint density at radius 1 is 1.16 bits per heavy atom. The van der Waals surface area contributed by atoms with Gasteiger partial charge in [0.2, 0.25) is 0 Å². The van der Waals surface area contributed by atoms with Gasteiger partial charge in [-0.2, -0.15) is 5.26 Å². The van der Waals surface area contributed by atoms with Gasteiger partial charge in [-0.1, -0.05) is 6.42 Å². The van der Waals surface area contributed by atoms with E-state index in [0.717, 1.165) is 38.4 Å². The number of hydrogen-bond donors (Lipinski definition) is 1. The highest BCUT2D eigenvalue weighted by Crippen LogP contribution is 2.17. The molecule has 0 saturated carbocycles. The van der Waals surface area contributed by atoms with Crippen LogP contribution in [0.25, 0.3) is 0 Å². The second-order valence-corrected chi connectivity index (χ2v) is 7.04. The number of benzene rings is 1. The van der Waals surface area contributed by atoms with Crippen LogP contribution in [0, 0.1) is 11.3 Å². The van der Waals surface area contributed by atoms with Crippen LogP contribution in [-0.2, 0) is 0 Å². The van der Waals surface area contributed by atoms with Gasteiger partial charge in [0.25, 0.3) is 0 Å². The van der Waals surface area contributed by atoms with Crippen molar-refractivity contribution in [2.24, 2.45) is 0 Å². The van der Waals surface area contributed by atoms with Crippen molar-refractivity contribution in [3.8, 4) is 6.07 Å². The number of carbonyl (C=O) groups is 1. The fraction of sp³-hybridized carbons (Fsp3) is 0.579. The number of piperidine rings is 1. The van der Waals surface area contributed by atoms with Crippen molar-refractivity contribution < 1.29 is 4.79 Å². The first-order chi connectivity index (χ1) is 12.2. The third-order valence-electron chi connectivity index (χ3n) is 5.32. The molecule has 25 heavy (non-hydrogen) atoms. The summed E-state index contributed by atoms with van der Waals surface area (Å²) in [6.07, 6.45) is 3.94. The van der Waals surface area contributed by atoms with Crippen molar-refractivity contribution in [1.29, 1.82) is 5.26 Å². The van der Waals surface area contributed by atoms with Crippen LogP contribution in [0.3, 0.4) is 0 Å². The van der Waals surface area contributed by atoms with Gasteiger partial charge in [-0.05, 0) is 50.7 Å². The summed E-state index contributed by atoms with van der Waals surface area (Å²) in [5.74, 6) is 0. The van der Waals surface area contributed by atoms with Crippen LogP contribution < -0.4 is 5.32 Å². The lowest BCUT2D eigenvalue weighted by Crippen LogP contribution is -2.53. The molecule has 6 heteroatoms. The number of carbonyl (C=O) groups excluding carboxylic acids is 1. The first-order valence-corrected chi connectivity index (χ1v) is 9.14. The number of nitriles is 1. The molecule has 2 aliphatic heterocycles. The Morgan fingerprint density at radius 3 is 2.52 bits per heavy atom. The summed E-state index contributed by atoms with van der Waals surface area (Å²) in [6.45, 7) is 5.71. The van der Waals surface area contributed by atoms with E-state index in [0.29, 0.717) is 11.6 Å². The minimum Gasteiger partial charge on any atom is -0.322 e. The molecule has 3 rings (SSSR count). The van der Waals surface area contributed by atoms with Crippen molar-refractivity contribution in [2.75, 3.05) is 51.6 Å². The molecular weight excluding hydrogens is 314 g/mol. The average molecular weight is 341 g/mol. The van der Waals surface area contributed by atoms with Crippen LogP contribution >= 0.6 is 0 Å². The third kappa shape index (κ3) is 4.71. The lowest BCUT2D eigenvalue weighted by atomic mass is 10.0. The SMILES string of the molecule is CN1CCCC[C@@H]1CN1CCN(C(=O)Nc2ccc(C#N)cc2)CC1. The van der Waals surface area contributed by atoms with Gasteiger partial charge in [-0.3, -0.25) is 4.90 Å². The number of nitrogens with one attached hydrogen (secondary N) is 1. The quantitative estimate of drug-likeness (QED) is 0.915. The number of anilines is 1. The Morgan fingerprint density at radius 2 is 1.88 bits per heavy atom. The van der Waals surface area contributed by atoms with E-state index in [2.05, 4.69) is 28.2 Å². The third-order valence-corrected chi connectivity index (χ3v) is 5.32. The molecule has 2 amide bonds. The zero-order chi connectivity index (χ0) is 17.6. The summed E-state index contributed by atoms with van der Waals surface area (Å²) in [6, 6.07) is 9.66. The monoisotopic (exact) mass is 341 g/mol. The van der Waals surface area contributed by atoms with E-state index in [1.165, 1.54) is 25.8 Å². The number of hydrogen-bond acceptors (Lipinski definition) is 4. The Kier molecular flexibility index (Phi) is 5.90. The maximum Gasteiger partial charge on any atom is 0.321 e. The fourth-order valence-electron chi connectivity index (χ4n) is 3.64. The molecule has 0 bridgehead atoms. The molecule has 2 fully saturated rings. The highest BCUT2D eigenvalue weighted by atomic mass is 16.2. The first kappa shape index (κ1) is 17.7. The van der Waals surface area contributed by atoms with Crippen LogP contribution in [0.5, 0.6) is 0 Å². The number of piperazine rings is 1. The second-order valence-electron chi connectivity index (χ2n) is 7.04. The molecule has 0 unspecified atom stereocenters. The van der Waals surface area contributed by atoms with Crippen LogP contribution in [0.1, 0.15) is 24.8 Å². The summed E-state index contributed by atoms with van der Waals surface area (Å²) < 4.78 is 0. The van der Waals surface area contributed by atoms with Crippen LogP contribution in [-0.4, -0.2) is 73.1 Å². The van der Waals surface area contributed by atoms with E-state index >= 15 is 0 Å². The Bertz CT molecular complexity index is 616. The maximum atomic E-state index is 12.4. The van der Waals surface area contributed by atoms with E-state index < -0.39 is 0 Å². The highest BCUT2D eigenvalue weighted by Gasteiger charge is 2.25.